The number of hydrogen-bond donors (Lipinski definition) is 0. The van der Waals surface area contributed by atoms with Crippen molar-refractivity contribution in [1.29, 1.82) is 0 Å². The summed E-state index contributed by atoms with van der Waals surface area (Å²) < 4.78 is 7.64. The maximum Gasteiger partial charge on any atom is 0.274 e. The number of likely N-dealkylation sites (tertiary alicyclic amines) is 1. The number of piperidine rings is 1. The van der Waals surface area contributed by atoms with Crippen molar-refractivity contribution < 1.29 is 9.53 Å². The number of fused-ring (bicyclic) bond motifs is 1. The van der Waals surface area contributed by atoms with Crippen LogP contribution in [0.25, 0.3) is 5.65 Å². The largest absolute Gasteiger partial charge is 0.379 e. The smallest absolute Gasteiger partial charge is 0.274 e. The van der Waals surface area contributed by atoms with E-state index in [0.29, 0.717) is 10.7 Å². The summed E-state index contributed by atoms with van der Waals surface area (Å²) in [6, 6.07) is 3.61. The summed E-state index contributed by atoms with van der Waals surface area (Å²) in [5, 5.41) is 0.625. The lowest BCUT2D eigenvalue weighted by atomic mass is 9.80. The number of ether oxygens (including phenoxy) is 1. The fourth-order valence-corrected chi connectivity index (χ4v) is 4.23. The number of rotatable bonds is 1. The van der Waals surface area contributed by atoms with Crippen LogP contribution in [0.5, 0.6) is 0 Å². The van der Waals surface area contributed by atoms with Gasteiger partial charge in [-0.15, -0.1) is 0 Å². The van der Waals surface area contributed by atoms with Gasteiger partial charge in [0.1, 0.15) is 11.3 Å². The predicted octanol–water partition coefficient (Wildman–Crippen LogP) is 2.17. The van der Waals surface area contributed by atoms with Crippen LogP contribution in [0.3, 0.4) is 0 Å². The molecule has 7 heteroatoms. The van der Waals surface area contributed by atoms with E-state index in [2.05, 4.69) is 16.9 Å². The number of aromatic nitrogens is 2. The van der Waals surface area contributed by atoms with Crippen molar-refractivity contribution in [2.75, 3.05) is 46.4 Å². The van der Waals surface area contributed by atoms with Crippen molar-refractivity contribution in [3.63, 3.8) is 0 Å². The Labute approximate surface area is 152 Å². The van der Waals surface area contributed by atoms with Gasteiger partial charge >= 0.3 is 0 Å². The number of halogens is 1. The molecule has 1 amide bonds. The van der Waals surface area contributed by atoms with Gasteiger partial charge in [-0.2, -0.15) is 0 Å². The number of nitrogens with zero attached hydrogens (tertiary/aromatic N) is 4. The Bertz CT molecular complexity index is 792. The van der Waals surface area contributed by atoms with Crippen LogP contribution in [0.2, 0.25) is 5.02 Å². The van der Waals surface area contributed by atoms with E-state index in [0.717, 1.165) is 57.9 Å². The van der Waals surface area contributed by atoms with E-state index in [1.807, 2.05) is 11.0 Å². The summed E-state index contributed by atoms with van der Waals surface area (Å²) >= 11 is 6.02. The molecule has 25 heavy (non-hydrogen) atoms. The van der Waals surface area contributed by atoms with Crippen LogP contribution in [0.15, 0.2) is 24.5 Å². The third-order valence-electron chi connectivity index (χ3n) is 5.21. The zero-order valence-electron chi connectivity index (χ0n) is 14.4. The minimum Gasteiger partial charge on any atom is -0.379 e. The Morgan fingerprint density at radius 2 is 2.16 bits per heavy atom. The molecule has 0 bridgehead atoms. The molecule has 0 aromatic carbocycles. The van der Waals surface area contributed by atoms with Gasteiger partial charge in [0, 0.05) is 44.0 Å². The van der Waals surface area contributed by atoms with Crippen LogP contribution in [-0.2, 0) is 4.74 Å². The maximum atomic E-state index is 13.0. The highest BCUT2D eigenvalue weighted by molar-refractivity contribution is 6.30. The molecule has 6 nitrogen and oxygen atoms in total. The van der Waals surface area contributed by atoms with Gasteiger partial charge in [-0.05, 0) is 32.0 Å². The van der Waals surface area contributed by atoms with E-state index in [-0.39, 0.29) is 11.3 Å². The van der Waals surface area contributed by atoms with Crippen LogP contribution < -0.4 is 0 Å². The molecule has 1 atom stereocenters. The van der Waals surface area contributed by atoms with Crippen LogP contribution in [0.4, 0.5) is 0 Å². The summed E-state index contributed by atoms with van der Waals surface area (Å²) in [6.07, 6.45) is 5.64. The molecule has 0 aliphatic carbocycles. The lowest BCUT2D eigenvalue weighted by molar-refractivity contribution is 0.00839. The van der Waals surface area contributed by atoms with E-state index in [1.54, 1.807) is 22.9 Å². The average Bonchev–Trinajstić information content (AvgIpc) is 2.93. The second kappa shape index (κ2) is 6.59. The number of carbonyl (C=O) groups is 1. The van der Waals surface area contributed by atoms with Crippen LogP contribution in [-0.4, -0.2) is 71.5 Å². The van der Waals surface area contributed by atoms with E-state index in [1.165, 1.54) is 0 Å². The Kier molecular flexibility index (Phi) is 4.43. The molecule has 4 rings (SSSR count). The van der Waals surface area contributed by atoms with Gasteiger partial charge < -0.3 is 18.9 Å². The monoisotopic (exact) mass is 362 g/mol. The van der Waals surface area contributed by atoms with E-state index >= 15 is 0 Å². The van der Waals surface area contributed by atoms with Crippen molar-refractivity contribution in [2.24, 2.45) is 5.41 Å². The molecule has 2 aliphatic heterocycles. The van der Waals surface area contributed by atoms with Crippen LogP contribution >= 0.6 is 11.6 Å². The molecule has 0 N–H and O–H groups in total. The molecule has 2 fully saturated rings. The van der Waals surface area contributed by atoms with Crippen molar-refractivity contribution >= 4 is 23.2 Å². The predicted molar refractivity (Wildman–Crippen MR) is 96.1 cm³/mol. The molecule has 0 saturated carbocycles. The van der Waals surface area contributed by atoms with Gasteiger partial charge in [0.25, 0.3) is 5.91 Å². The van der Waals surface area contributed by atoms with Gasteiger partial charge in [0.15, 0.2) is 0 Å². The average molecular weight is 363 g/mol. The lowest BCUT2D eigenvalue weighted by Gasteiger charge is -2.43. The highest BCUT2D eigenvalue weighted by Crippen LogP contribution is 2.33. The first-order chi connectivity index (χ1) is 12.0. The summed E-state index contributed by atoms with van der Waals surface area (Å²) in [7, 11) is 2.13. The van der Waals surface area contributed by atoms with E-state index in [4.69, 9.17) is 16.3 Å². The molecule has 2 aromatic heterocycles. The Hall–Kier alpha value is -1.63. The standard InChI is InChI=1S/C18H23ClN4O2/c1-21-7-8-25-13-18(11-21)5-2-6-22(12-18)17(24)15-10-23-9-14(19)3-4-16(23)20-15/h3-4,9-10H,2,5-8,11-13H2,1H3. The fraction of sp³-hybridized carbons (Fsp3) is 0.556. The molecule has 2 saturated heterocycles. The number of imidazole rings is 1. The third kappa shape index (κ3) is 3.38. The number of hydrogen-bond acceptors (Lipinski definition) is 4. The first kappa shape index (κ1) is 16.8. The van der Waals surface area contributed by atoms with Crippen molar-refractivity contribution in [1.82, 2.24) is 19.2 Å². The Balaban J connectivity index is 1.56. The van der Waals surface area contributed by atoms with Crippen molar-refractivity contribution in [3.05, 3.63) is 35.2 Å². The van der Waals surface area contributed by atoms with Gasteiger partial charge in [-0.1, -0.05) is 11.6 Å². The van der Waals surface area contributed by atoms with Gasteiger partial charge in [-0.3, -0.25) is 4.79 Å². The number of carbonyl (C=O) groups excluding carboxylic acids is 1. The molecule has 0 radical (unpaired) electrons. The number of pyridine rings is 1. The third-order valence-corrected chi connectivity index (χ3v) is 5.44. The minimum atomic E-state index is -0.00852. The first-order valence-corrected chi connectivity index (χ1v) is 9.12. The highest BCUT2D eigenvalue weighted by atomic mass is 35.5. The normalized spacial score (nSPS) is 25.4. The topological polar surface area (TPSA) is 50.1 Å². The lowest BCUT2D eigenvalue weighted by Crippen LogP contribution is -2.51. The number of likely N-dealkylation sites (N-methyl/N-ethyl adjacent to an activating group) is 1. The molecule has 4 heterocycles. The van der Waals surface area contributed by atoms with Crippen LogP contribution in [0, 0.1) is 5.41 Å². The minimum absolute atomic E-state index is 0.00852. The Morgan fingerprint density at radius 1 is 1.28 bits per heavy atom. The maximum absolute atomic E-state index is 13.0. The summed E-state index contributed by atoms with van der Waals surface area (Å²) in [4.78, 5) is 21.7. The summed E-state index contributed by atoms with van der Waals surface area (Å²) in [5.74, 6) is -0.00852. The van der Waals surface area contributed by atoms with E-state index in [9.17, 15) is 4.79 Å². The molecular formula is C18H23ClN4O2. The second-order valence-corrected chi connectivity index (χ2v) is 7.80. The van der Waals surface area contributed by atoms with Gasteiger partial charge in [0.05, 0.1) is 18.2 Å². The number of amides is 1. The quantitative estimate of drug-likeness (QED) is 0.780. The zero-order valence-corrected chi connectivity index (χ0v) is 15.2. The molecule has 134 valence electrons. The SMILES string of the molecule is CN1CCOCC2(CCCN(C(=O)c3cn4cc(Cl)ccc4n3)C2)C1. The summed E-state index contributed by atoms with van der Waals surface area (Å²) in [5.41, 5.74) is 1.24. The Morgan fingerprint density at radius 3 is 3.04 bits per heavy atom. The van der Waals surface area contributed by atoms with Gasteiger partial charge in [-0.25, -0.2) is 4.98 Å². The molecule has 2 aromatic rings. The molecule has 1 unspecified atom stereocenters. The molecular weight excluding hydrogens is 340 g/mol. The van der Waals surface area contributed by atoms with E-state index < -0.39 is 0 Å². The van der Waals surface area contributed by atoms with Crippen molar-refractivity contribution in [2.45, 2.75) is 12.8 Å². The second-order valence-electron chi connectivity index (χ2n) is 7.36. The van der Waals surface area contributed by atoms with Crippen LogP contribution in [0.1, 0.15) is 23.3 Å². The highest BCUT2D eigenvalue weighted by Gasteiger charge is 2.40. The molecule has 2 aliphatic rings. The first-order valence-electron chi connectivity index (χ1n) is 8.75. The summed E-state index contributed by atoms with van der Waals surface area (Å²) in [6.45, 7) is 4.91. The zero-order chi connectivity index (χ0) is 17.4. The van der Waals surface area contributed by atoms with Crippen molar-refractivity contribution in [3.8, 4) is 0 Å². The van der Waals surface area contributed by atoms with Gasteiger partial charge in [0.2, 0.25) is 0 Å². The molecule has 1 spiro atoms. The fourth-order valence-electron chi connectivity index (χ4n) is 4.06.